The molecule has 5 nitrogen and oxygen atoms in total. The van der Waals surface area contributed by atoms with E-state index in [1.807, 2.05) is 24.0 Å². The molecule has 128 valence electrons. The minimum Gasteiger partial charge on any atom is -0.356 e. The van der Waals surface area contributed by atoms with E-state index in [1.165, 1.54) is 31.2 Å². The average molecular weight is 325 g/mol. The first-order valence-corrected chi connectivity index (χ1v) is 8.88. The third-order valence-corrected chi connectivity index (χ3v) is 4.41. The summed E-state index contributed by atoms with van der Waals surface area (Å²) >= 11 is 0. The van der Waals surface area contributed by atoms with E-state index in [4.69, 9.17) is 0 Å². The summed E-state index contributed by atoms with van der Waals surface area (Å²) in [5.41, 5.74) is 2.40. The quantitative estimate of drug-likeness (QED) is 0.446. The van der Waals surface area contributed by atoms with E-state index in [-0.39, 0.29) is 0 Å². The molecule has 2 aromatic rings. The molecule has 0 saturated heterocycles. The Labute approximate surface area is 144 Å². The van der Waals surface area contributed by atoms with Crippen molar-refractivity contribution in [3.8, 4) is 5.69 Å². The first-order valence-electron chi connectivity index (χ1n) is 8.88. The van der Waals surface area contributed by atoms with Crippen molar-refractivity contribution in [3.05, 3.63) is 48.3 Å². The van der Waals surface area contributed by atoms with Gasteiger partial charge in [-0.2, -0.15) is 5.10 Å². The maximum absolute atomic E-state index is 4.28. The van der Waals surface area contributed by atoms with Crippen LogP contribution in [-0.4, -0.2) is 35.9 Å². The number of hydrogen-bond donors (Lipinski definition) is 2. The highest BCUT2D eigenvalue weighted by atomic mass is 15.3. The van der Waals surface area contributed by atoms with Crippen LogP contribution in [0.4, 0.5) is 0 Å². The predicted octanol–water partition coefficient (Wildman–Crippen LogP) is 2.77. The molecule has 1 aromatic heterocycles. The SMILES string of the molecule is CN=C(NCCCC1CC1)NCCc1ccc(-n2cccn2)cc1. The second-order valence-corrected chi connectivity index (χ2v) is 6.38. The summed E-state index contributed by atoms with van der Waals surface area (Å²) in [6, 6.07) is 10.5. The normalized spacial score (nSPS) is 14.6. The fourth-order valence-corrected chi connectivity index (χ4v) is 2.79. The van der Waals surface area contributed by atoms with Crippen molar-refractivity contribution in [1.29, 1.82) is 0 Å². The van der Waals surface area contributed by atoms with E-state index in [0.29, 0.717) is 0 Å². The molecule has 24 heavy (non-hydrogen) atoms. The van der Waals surface area contributed by atoms with Crippen molar-refractivity contribution < 1.29 is 0 Å². The van der Waals surface area contributed by atoms with Gasteiger partial charge >= 0.3 is 0 Å². The standard InChI is InChI=1S/C19H27N5/c1-20-19(21-12-2-4-16-5-6-16)22-14-11-17-7-9-18(10-8-17)24-15-3-13-23-24/h3,7-10,13,15-16H,2,4-6,11-12,14H2,1H3,(H2,20,21,22). The summed E-state index contributed by atoms with van der Waals surface area (Å²) in [4.78, 5) is 4.28. The molecule has 0 unspecified atom stereocenters. The highest BCUT2D eigenvalue weighted by Gasteiger charge is 2.19. The summed E-state index contributed by atoms with van der Waals surface area (Å²) in [5.74, 6) is 1.91. The van der Waals surface area contributed by atoms with Gasteiger partial charge in [0.2, 0.25) is 0 Å². The zero-order chi connectivity index (χ0) is 16.6. The molecule has 1 saturated carbocycles. The zero-order valence-corrected chi connectivity index (χ0v) is 14.4. The molecular formula is C19H27N5. The van der Waals surface area contributed by atoms with Gasteiger partial charge in [-0.1, -0.05) is 25.0 Å². The number of nitrogens with one attached hydrogen (secondary N) is 2. The van der Waals surface area contributed by atoms with Crippen molar-refractivity contribution in [3.63, 3.8) is 0 Å². The van der Waals surface area contributed by atoms with Crippen molar-refractivity contribution in [2.75, 3.05) is 20.1 Å². The molecule has 5 heteroatoms. The third-order valence-electron chi connectivity index (χ3n) is 4.41. The van der Waals surface area contributed by atoms with Crippen molar-refractivity contribution in [1.82, 2.24) is 20.4 Å². The minimum absolute atomic E-state index is 0.878. The lowest BCUT2D eigenvalue weighted by atomic mass is 10.1. The zero-order valence-electron chi connectivity index (χ0n) is 14.4. The number of benzene rings is 1. The maximum atomic E-state index is 4.28. The topological polar surface area (TPSA) is 54.2 Å². The summed E-state index contributed by atoms with van der Waals surface area (Å²) in [6.07, 6.45) is 10.2. The monoisotopic (exact) mass is 325 g/mol. The molecule has 0 amide bonds. The van der Waals surface area contributed by atoms with E-state index >= 15 is 0 Å². The summed E-state index contributed by atoms with van der Waals surface area (Å²) in [7, 11) is 1.83. The molecule has 1 aliphatic carbocycles. The van der Waals surface area contributed by atoms with Crippen molar-refractivity contribution >= 4 is 5.96 Å². The molecule has 0 spiro atoms. The third kappa shape index (κ3) is 5.11. The van der Waals surface area contributed by atoms with Crippen LogP contribution in [0.1, 0.15) is 31.2 Å². The average Bonchev–Trinajstić information content (AvgIpc) is 3.28. The molecular weight excluding hydrogens is 298 g/mol. The number of rotatable bonds is 8. The Morgan fingerprint density at radius 1 is 1.21 bits per heavy atom. The Hall–Kier alpha value is -2.30. The lowest BCUT2D eigenvalue weighted by Gasteiger charge is -2.12. The van der Waals surface area contributed by atoms with Gasteiger partial charge in [0.15, 0.2) is 5.96 Å². The van der Waals surface area contributed by atoms with E-state index in [0.717, 1.165) is 37.1 Å². The highest BCUT2D eigenvalue weighted by Crippen LogP contribution is 2.33. The molecule has 0 aliphatic heterocycles. The van der Waals surface area contributed by atoms with Crippen LogP contribution < -0.4 is 10.6 Å². The fourth-order valence-electron chi connectivity index (χ4n) is 2.79. The van der Waals surface area contributed by atoms with Crippen LogP contribution in [0.15, 0.2) is 47.7 Å². The molecule has 0 bridgehead atoms. The molecule has 1 heterocycles. The van der Waals surface area contributed by atoms with E-state index in [9.17, 15) is 0 Å². The highest BCUT2D eigenvalue weighted by molar-refractivity contribution is 5.79. The molecule has 2 N–H and O–H groups in total. The molecule has 1 aliphatic rings. The first-order chi connectivity index (χ1) is 11.8. The summed E-state index contributed by atoms with van der Waals surface area (Å²) < 4.78 is 1.87. The van der Waals surface area contributed by atoms with Crippen LogP contribution >= 0.6 is 0 Å². The van der Waals surface area contributed by atoms with Crippen LogP contribution in [0, 0.1) is 5.92 Å². The van der Waals surface area contributed by atoms with E-state index in [2.05, 4.69) is 45.0 Å². The molecule has 0 radical (unpaired) electrons. The van der Waals surface area contributed by atoms with Crippen LogP contribution in [0.5, 0.6) is 0 Å². The van der Waals surface area contributed by atoms with Crippen molar-refractivity contribution in [2.24, 2.45) is 10.9 Å². The Morgan fingerprint density at radius 3 is 2.67 bits per heavy atom. The van der Waals surface area contributed by atoms with Gasteiger partial charge in [0, 0.05) is 32.5 Å². The Morgan fingerprint density at radius 2 is 2.00 bits per heavy atom. The van der Waals surface area contributed by atoms with Crippen LogP contribution in [0.2, 0.25) is 0 Å². The van der Waals surface area contributed by atoms with Gasteiger partial charge in [0.1, 0.15) is 0 Å². The number of aliphatic imine (C=N–C) groups is 1. The molecule has 0 atom stereocenters. The van der Waals surface area contributed by atoms with E-state index < -0.39 is 0 Å². The lowest BCUT2D eigenvalue weighted by molar-refractivity contribution is 0.644. The van der Waals surface area contributed by atoms with Gasteiger partial charge in [-0.15, -0.1) is 0 Å². The second kappa shape index (κ2) is 8.52. The Kier molecular flexibility index (Phi) is 5.88. The van der Waals surface area contributed by atoms with Gasteiger partial charge in [-0.05, 0) is 48.9 Å². The van der Waals surface area contributed by atoms with E-state index in [1.54, 1.807) is 6.20 Å². The molecule has 1 fully saturated rings. The van der Waals surface area contributed by atoms with Crippen LogP contribution in [-0.2, 0) is 6.42 Å². The van der Waals surface area contributed by atoms with Gasteiger partial charge < -0.3 is 10.6 Å². The minimum atomic E-state index is 0.878. The van der Waals surface area contributed by atoms with Gasteiger partial charge in [0.25, 0.3) is 0 Å². The van der Waals surface area contributed by atoms with Crippen molar-refractivity contribution in [2.45, 2.75) is 32.1 Å². The smallest absolute Gasteiger partial charge is 0.190 e. The lowest BCUT2D eigenvalue weighted by Crippen LogP contribution is -2.38. The largest absolute Gasteiger partial charge is 0.356 e. The summed E-state index contributed by atoms with van der Waals surface area (Å²) in [5, 5.41) is 11.0. The van der Waals surface area contributed by atoms with Gasteiger partial charge in [0.05, 0.1) is 5.69 Å². The maximum Gasteiger partial charge on any atom is 0.190 e. The second-order valence-electron chi connectivity index (χ2n) is 6.38. The number of aromatic nitrogens is 2. The number of guanidine groups is 1. The number of nitrogens with zero attached hydrogens (tertiary/aromatic N) is 3. The summed E-state index contributed by atoms with van der Waals surface area (Å²) in [6.45, 7) is 1.89. The predicted molar refractivity (Wildman–Crippen MR) is 98.6 cm³/mol. The first kappa shape index (κ1) is 16.6. The Bertz CT molecular complexity index is 626. The van der Waals surface area contributed by atoms with Crippen LogP contribution in [0.25, 0.3) is 5.69 Å². The fraction of sp³-hybridized carbons (Fsp3) is 0.474. The van der Waals surface area contributed by atoms with Gasteiger partial charge in [-0.25, -0.2) is 4.68 Å². The molecule has 1 aromatic carbocycles. The molecule has 3 rings (SSSR count). The number of hydrogen-bond acceptors (Lipinski definition) is 2. The van der Waals surface area contributed by atoms with Gasteiger partial charge in [-0.3, -0.25) is 4.99 Å². The Balaban J connectivity index is 1.36. The van der Waals surface area contributed by atoms with Crippen LogP contribution in [0.3, 0.4) is 0 Å².